The molecule has 0 atom stereocenters. The van der Waals surface area contributed by atoms with Crippen LogP contribution in [0.2, 0.25) is 0 Å². The van der Waals surface area contributed by atoms with Crippen LogP contribution in [-0.2, 0) is 9.84 Å². The highest BCUT2D eigenvalue weighted by molar-refractivity contribution is 7.92. The molecule has 3 aromatic rings. The fourth-order valence-electron chi connectivity index (χ4n) is 3.35. The maximum Gasteiger partial charge on any atom is 0.253 e. The number of carbonyl (C=O) groups is 1. The molecule has 0 bridgehead atoms. The normalized spacial score (nSPS) is 14.5. The van der Waals surface area contributed by atoms with Gasteiger partial charge in [-0.3, -0.25) is 4.79 Å². The lowest BCUT2D eigenvalue weighted by Gasteiger charge is -2.38. The second-order valence-corrected chi connectivity index (χ2v) is 9.50. The molecule has 0 aliphatic carbocycles. The van der Waals surface area contributed by atoms with E-state index in [1.54, 1.807) is 12.1 Å². The summed E-state index contributed by atoms with van der Waals surface area (Å²) in [5, 5.41) is -0.663. The van der Waals surface area contributed by atoms with Crippen molar-refractivity contribution in [2.75, 3.05) is 13.1 Å². The van der Waals surface area contributed by atoms with Crippen molar-refractivity contribution in [1.82, 2.24) is 4.90 Å². The van der Waals surface area contributed by atoms with Crippen molar-refractivity contribution in [1.29, 1.82) is 0 Å². The summed E-state index contributed by atoms with van der Waals surface area (Å²) in [5.74, 6) is -0.672. The lowest BCUT2D eigenvalue weighted by Crippen LogP contribution is -2.56. The van der Waals surface area contributed by atoms with Gasteiger partial charge in [-0.2, -0.15) is 0 Å². The topological polar surface area (TPSA) is 54.5 Å². The van der Waals surface area contributed by atoms with E-state index in [1.807, 2.05) is 43.3 Å². The summed E-state index contributed by atoms with van der Waals surface area (Å²) >= 11 is 0. The SMILES string of the molecule is Cc1ccc(-c2ccc(C(=O)N3CC(S(=O)(=O)c4ccc(F)cc4)C3)cc2)cc1. The van der Waals surface area contributed by atoms with Crippen LogP contribution in [0.25, 0.3) is 11.1 Å². The summed E-state index contributed by atoms with van der Waals surface area (Å²) in [6.45, 7) is 2.30. The van der Waals surface area contributed by atoms with Gasteiger partial charge in [0.1, 0.15) is 11.1 Å². The zero-order valence-electron chi connectivity index (χ0n) is 15.9. The lowest BCUT2D eigenvalue weighted by atomic mass is 10.0. The summed E-state index contributed by atoms with van der Waals surface area (Å²) in [6.07, 6.45) is 0. The van der Waals surface area contributed by atoms with E-state index in [0.717, 1.165) is 23.3 Å². The molecule has 1 fully saturated rings. The average Bonchev–Trinajstić information content (AvgIpc) is 2.67. The first kappa shape index (κ1) is 19.3. The molecule has 4 rings (SSSR count). The molecule has 1 aliphatic heterocycles. The molecule has 0 aromatic heterocycles. The van der Waals surface area contributed by atoms with Crippen LogP contribution in [0, 0.1) is 12.7 Å². The zero-order chi connectivity index (χ0) is 20.6. The molecule has 0 N–H and O–H groups in total. The number of amides is 1. The van der Waals surface area contributed by atoms with Gasteiger partial charge in [0.05, 0.1) is 4.90 Å². The van der Waals surface area contributed by atoms with Crippen molar-refractivity contribution in [2.24, 2.45) is 0 Å². The standard InChI is InChI=1S/C23H20FNO3S/c1-16-2-4-17(5-3-16)18-6-8-19(9-7-18)23(26)25-14-22(15-25)29(27,28)21-12-10-20(24)11-13-21/h2-13,22H,14-15H2,1H3. The third-order valence-corrected chi connectivity index (χ3v) is 7.34. The molecule has 148 valence electrons. The van der Waals surface area contributed by atoms with Gasteiger partial charge in [0.2, 0.25) is 0 Å². The molecule has 4 nitrogen and oxygen atoms in total. The summed E-state index contributed by atoms with van der Waals surface area (Å²) in [6, 6.07) is 20.2. The van der Waals surface area contributed by atoms with Crippen molar-refractivity contribution in [3.05, 3.63) is 89.7 Å². The molecule has 0 spiro atoms. The van der Waals surface area contributed by atoms with Crippen LogP contribution in [0.4, 0.5) is 4.39 Å². The maximum atomic E-state index is 13.0. The van der Waals surface area contributed by atoms with Gasteiger partial charge in [-0.15, -0.1) is 0 Å². The molecular formula is C23H20FNO3S. The summed E-state index contributed by atoms with van der Waals surface area (Å²) in [4.78, 5) is 14.3. The largest absolute Gasteiger partial charge is 0.336 e. The van der Waals surface area contributed by atoms with E-state index < -0.39 is 20.9 Å². The van der Waals surface area contributed by atoms with E-state index in [2.05, 4.69) is 0 Å². The van der Waals surface area contributed by atoms with Crippen molar-refractivity contribution in [3.8, 4) is 11.1 Å². The van der Waals surface area contributed by atoms with Gasteiger partial charge >= 0.3 is 0 Å². The monoisotopic (exact) mass is 409 g/mol. The Morgan fingerprint density at radius 2 is 1.38 bits per heavy atom. The Labute approximate surface area is 169 Å². The lowest BCUT2D eigenvalue weighted by molar-refractivity contribution is 0.0659. The Kier molecular flexibility index (Phi) is 4.96. The number of hydrogen-bond donors (Lipinski definition) is 0. The van der Waals surface area contributed by atoms with Crippen molar-refractivity contribution in [2.45, 2.75) is 17.1 Å². The maximum absolute atomic E-state index is 13.0. The molecule has 6 heteroatoms. The number of sulfone groups is 1. The van der Waals surface area contributed by atoms with Crippen LogP contribution in [-0.4, -0.2) is 37.6 Å². The molecular weight excluding hydrogens is 389 g/mol. The predicted octanol–water partition coefficient (Wildman–Crippen LogP) is 4.10. The van der Waals surface area contributed by atoms with E-state index in [9.17, 15) is 17.6 Å². The van der Waals surface area contributed by atoms with Crippen LogP contribution in [0.1, 0.15) is 15.9 Å². The zero-order valence-corrected chi connectivity index (χ0v) is 16.7. The third-order valence-electron chi connectivity index (χ3n) is 5.23. The van der Waals surface area contributed by atoms with Crippen molar-refractivity contribution in [3.63, 3.8) is 0 Å². The van der Waals surface area contributed by atoms with Crippen LogP contribution in [0.5, 0.6) is 0 Å². The van der Waals surface area contributed by atoms with E-state index >= 15 is 0 Å². The quantitative estimate of drug-likeness (QED) is 0.610. The van der Waals surface area contributed by atoms with Crippen molar-refractivity contribution < 1.29 is 17.6 Å². The summed E-state index contributed by atoms with van der Waals surface area (Å²) < 4.78 is 38.2. The number of carbonyl (C=O) groups excluding carboxylic acids is 1. The number of halogens is 1. The van der Waals surface area contributed by atoms with Gasteiger partial charge in [-0.05, 0) is 54.4 Å². The number of benzene rings is 3. The van der Waals surface area contributed by atoms with E-state index in [0.29, 0.717) is 5.56 Å². The van der Waals surface area contributed by atoms with E-state index in [1.165, 1.54) is 22.6 Å². The Morgan fingerprint density at radius 1 is 0.862 bits per heavy atom. The minimum atomic E-state index is -3.57. The van der Waals surface area contributed by atoms with E-state index in [-0.39, 0.29) is 23.9 Å². The summed E-state index contributed by atoms with van der Waals surface area (Å²) in [5.41, 5.74) is 3.80. The number of nitrogens with zero attached hydrogens (tertiary/aromatic N) is 1. The first-order valence-corrected chi connectivity index (χ1v) is 10.8. The molecule has 0 radical (unpaired) electrons. The highest BCUT2D eigenvalue weighted by Gasteiger charge is 2.40. The first-order chi connectivity index (χ1) is 13.8. The van der Waals surface area contributed by atoms with E-state index in [4.69, 9.17) is 0 Å². The Balaban J connectivity index is 1.42. The van der Waals surface area contributed by atoms with Crippen LogP contribution >= 0.6 is 0 Å². The molecule has 1 amide bonds. The average molecular weight is 409 g/mol. The fraction of sp³-hybridized carbons (Fsp3) is 0.174. The highest BCUT2D eigenvalue weighted by Crippen LogP contribution is 2.26. The second kappa shape index (κ2) is 7.44. The second-order valence-electron chi connectivity index (χ2n) is 7.27. The molecule has 0 saturated carbocycles. The van der Waals surface area contributed by atoms with Gasteiger partial charge in [0.15, 0.2) is 9.84 Å². The highest BCUT2D eigenvalue weighted by atomic mass is 32.2. The van der Waals surface area contributed by atoms with Crippen molar-refractivity contribution >= 4 is 15.7 Å². The Morgan fingerprint density at radius 3 is 1.93 bits per heavy atom. The summed E-state index contributed by atoms with van der Waals surface area (Å²) in [7, 11) is -3.57. The smallest absolute Gasteiger partial charge is 0.253 e. The minimum absolute atomic E-state index is 0.0819. The van der Waals surface area contributed by atoms with Gasteiger partial charge in [0, 0.05) is 18.7 Å². The molecule has 1 saturated heterocycles. The van der Waals surface area contributed by atoms with Gasteiger partial charge in [-0.25, -0.2) is 12.8 Å². The molecule has 3 aromatic carbocycles. The number of aryl methyl sites for hydroxylation is 1. The fourth-order valence-corrected chi connectivity index (χ4v) is 5.00. The molecule has 29 heavy (non-hydrogen) atoms. The number of likely N-dealkylation sites (tertiary alicyclic amines) is 1. The molecule has 1 heterocycles. The van der Waals surface area contributed by atoms with Gasteiger partial charge in [0.25, 0.3) is 5.91 Å². The van der Waals surface area contributed by atoms with Gasteiger partial charge < -0.3 is 4.90 Å². The minimum Gasteiger partial charge on any atom is -0.336 e. The Bertz CT molecular complexity index is 1130. The molecule has 0 unspecified atom stereocenters. The molecule has 1 aliphatic rings. The first-order valence-electron chi connectivity index (χ1n) is 9.30. The number of hydrogen-bond acceptors (Lipinski definition) is 3. The number of rotatable bonds is 4. The van der Waals surface area contributed by atoms with Crippen LogP contribution < -0.4 is 0 Å². The Hall–Kier alpha value is -2.99. The third kappa shape index (κ3) is 3.80. The predicted molar refractivity (Wildman–Crippen MR) is 110 cm³/mol. The van der Waals surface area contributed by atoms with Crippen LogP contribution in [0.15, 0.2) is 77.7 Å². The van der Waals surface area contributed by atoms with Gasteiger partial charge in [-0.1, -0.05) is 42.0 Å². The van der Waals surface area contributed by atoms with Crippen LogP contribution in [0.3, 0.4) is 0 Å².